The van der Waals surface area contributed by atoms with Gasteiger partial charge in [0.1, 0.15) is 0 Å². The standard InChI is InChI=1S/C18H27N3/c1-8-18(6)11-12-20(7)16-10-9-15(13(2)3)19-17(16)21(18)14(4)5/h9-10H,2,4,8,11-12H2,1,3,5-7H3/t18-/m1/s1. The Balaban J connectivity index is 2.69. The number of aromatic nitrogens is 1. The third kappa shape index (κ3) is 2.69. The van der Waals surface area contributed by atoms with Gasteiger partial charge in [0.05, 0.1) is 11.4 Å². The van der Waals surface area contributed by atoms with Gasteiger partial charge in [-0.1, -0.05) is 20.1 Å². The summed E-state index contributed by atoms with van der Waals surface area (Å²) in [4.78, 5) is 9.50. The van der Waals surface area contributed by atoms with Crippen molar-refractivity contribution < 1.29 is 0 Å². The van der Waals surface area contributed by atoms with Gasteiger partial charge in [-0.05, 0) is 51.3 Å². The number of rotatable bonds is 3. The van der Waals surface area contributed by atoms with Crippen LogP contribution in [-0.2, 0) is 0 Å². The second kappa shape index (κ2) is 5.55. The fourth-order valence-corrected chi connectivity index (χ4v) is 3.01. The molecule has 0 spiro atoms. The minimum Gasteiger partial charge on any atom is -0.372 e. The van der Waals surface area contributed by atoms with E-state index in [1.807, 2.05) is 6.92 Å². The van der Waals surface area contributed by atoms with E-state index in [4.69, 9.17) is 4.98 Å². The summed E-state index contributed by atoms with van der Waals surface area (Å²) in [6.45, 7) is 17.9. The van der Waals surface area contributed by atoms with Gasteiger partial charge in [-0.2, -0.15) is 0 Å². The third-order valence-electron chi connectivity index (χ3n) is 4.58. The van der Waals surface area contributed by atoms with Gasteiger partial charge < -0.3 is 9.80 Å². The van der Waals surface area contributed by atoms with Crippen LogP contribution in [0.4, 0.5) is 11.5 Å². The molecular formula is C18H27N3. The number of pyridine rings is 1. The first-order valence-corrected chi connectivity index (χ1v) is 7.64. The Labute approximate surface area is 129 Å². The van der Waals surface area contributed by atoms with Crippen molar-refractivity contribution in [2.45, 2.75) is 46.1 Å². The van der Waals surface area contributed by atoms with Crippen LogP contribution in [0.1, 0.15) is 46.2 Å². The van der Waals surface area contributed by atoms with Gasteiger partial charge in [-0.25, -0.2) is 4.98 Å². The first-order valence-electron chi connectivity index (χ1n) is 7.64. The molecule has 0 radical (unpaired) electrons. The van der Waals surface area contributed by atoms with E-state index in [-0.39, 0.29) is 5.54 Å². The predicted molar refractivity (Wildman–Crippen MR) is 92.8 cm³/mol. The molecule has 0 unspecified atom stereocenters. The average molecular weight is 285 g/mol. The van der Waals surface area contributed by atoms with Crippen molar-refractivity contribution in [3.8, 4) is 0 Å². The number of nitrogens with zero attached hydrogens (tertiary/aromatic N) is 3. The maximum absolute atomic E-state index is 4.89. The lowest BCUT2D eigenvalue weighted by Crippen LogP contribution is -2.45. The molecule has 2 heterocycles. The molecule has 0 N–H and O–H groups in total. The summed E-state index contributed by atoms with van der Waals surface area (Å²) in [7, 11) is 2.14. The fourth-order valence-electron chi connectivity index (χ4n) is 3.01. The van der Waals surface area contributed by atoms with Crippen molar-refractivity contribution in [3.05, 3.63) is 36.7 Å². The van der Waals surface area contributed by atoms with Crippen LogP contribution in [0.5, 0.6) is 0 Å². The normalized spacial score (nSPS) is 21.8. The average Bonchev–Trinajstić information content (AvgIpc) is 2.54. The molecule has 0 aromatic carbocycles. The lowest BCUT2D eigenvalue weighted by molar-refractivity contribution is 0.407. The van der Waals surface area contributed by atoms with E-state index in [0.29, 0.717) is 0 Å². The highest BCUT2D eigenvalue weighted by molar-refractivity contribution is 5.74. The van der Waals surface area contributed by atoms with Crippen molar-refractivity contribution >= 4 is 17.1 Å². The molecule has 1 aromatic heterocycles. The molecule has 1 aliphatic heterocycles. The van der Waals surface area contributed by atoms with E-state index in [2.05, 4.69) is 62.9 Å². The lowest BCUT2D eigenvalue weighted by Gasteiger charge is -2.41. The number of anilines is 2. The van der Waals surface area contributed by atoms with Crippen molar-refractivity contribution in [3.63, 3.8) is 0 Å². The molecule has 1 aliphatic rings. The van der Waals surface area contributed by atoms with Gasteiger partial charge in [0, 0.05) is 24.8 Å². The van der Waals surface area contributed by atoms with Crippen LogP contribution in [-0.4, -0.2) is 24.1 Å². The number of fused-ring (bicyclic) bond motifs is 1. The van der Waals surface area contributed by atoms with E-state index < -0.39 is 0 Å². The minimum atomic E-state index is 0.0477. The quantitative estimate of drug-likeness (QED) is 0.817. The van der Waals surface area contributed by atoms with Crippen LogP contribution in [0.15, 0.2) is 31.0 Å². The Morgan fingerprint density at radius 2 is 2.00 bits per heavy atom. The largest absolute Gasteiger partial charge is 0.372 e. The second-order valence-electron chi connectivity index (χ2n) is 6.41. The molecule has 1 aromatic rings. The molecule has 3 nitrogen and oxygen atoms in total. The van der Waals surface area contributed by atoms with Gasteiger partial charge in [-0.15, -0.1) is 0 Å². The molecule has 114 valence electrons. The molecule has 0 amide bonds. The summed E-state index contributed by atoms with van der Waals surface area (Å²) in [5.74, 6) is 1.01. The maximum Gasteiger partial charge on any atom is 0.157 e. The number of hydrogen-bond acceptors (Lipinski definition) is 3. The molecule has 0 fully saturated rings. The van der Waals surface area contributed by atoms with E-state index in [0.717, 1.165) is 42.2 Å². The summed E-state index contributed by atoms with van der Waals surface area (Å²) >= 11 is 0. The van der Waals surface area contributed by atoms with Gasteiger partial charge in [-0.3, -0.25) is 0 Å². The summed E-state index contributed by atoms with van der Waals surface area (Å²) in [5.41, 5.74) is 4.20. The molecule has 0 aliphatic carbocycles. The molecule has 1 atom stereocenters. The lowest BCUT2D eigenvalue weighted by atomic mass is 9.92. The summed E-state index contributed by atoms with van der Waals surface area (Å²) in [6, 6.07) is 4.21. The smallest absolute Gasteiger partial charge is 0.157 e. The molecule has 2 rings (SSSR count). The highest BCUT2D eigenvalue weighted by Gasteiger charge is 2.36. The Morgan fingerprint density at radius 1 is 1.33 bits per heavy atom. The highest BCUT2D eigenvalue weighted by atomic mass is 15.3. The Hall–Kier alpha value is -1.77. The molecule has 21 heavy (non-hydrogen) atoms. The zero-order valence-corrected chi connectivity index (χ0v) is 14.0. The van der Waals surface area contributed by atoms with E-state index in [9.17, 15) is 0 Å². The second-order valence-corrected chi connectivity index (χ2v) is 6.41. The summed E-state index contributed by atoms with van der Waals surface area (Å²) in [5, 5.41) is 0. The molecule has 3 heteroatoms. The van der Waals surface area contributed by atoms with Crippen molar-refractivity contribution in [2.24, 2.45) is 0 Å². The summed E-state index contributed by atoms with van der Waals surface area (Å²) in [6.07, 6.45) is 2.15. The van der Waals surface area contributed by atoms with Crippen LogP contribution in [0.2, 0.25) is 0 Å². The predicted octanol–water partition coefficient (Wildman–Crippen LogP) is 4.46. The minimum absolute atomic E-state index is 0.0477. The Morgan fingerprint density at radius 3 is 2.52 bits per heavy atom. The summed E-state index contributed by atoms with van der Waals surface area (Å²) < 4.78 is 0. The SMILES string of the molecule is C=C(C)c1ccc2c(n1)N(C(=C)C)[C@](C)(CC)CCN2C. The van der Waals surface area contributed by atoms with Crippen molar-refractivity contribution in [2.75, 3.05) is 23.4 Å². The van der Waals surface area contributed by atoms with E-state index in [1.54, 1.807) is 0 Å². The molecular weight excluding hydrogens is 258 g/mol. The number of allylic oxidation sites excluding steroid dienone is 2. The van der Waals surface area contributed by atoms with E-state index >= 15 is 0 Å². The van der Waals surface area contributed by atoms with Crippen LogP contribution in [0, 0.1) is 0 Å². The number of hydrogen-bond donors (Lipinski definition) is 0. The first kappa shape index (κ1) is 15.6. The van der Waals surface area contributed by atoms with Crippen LogP contribution in [0.3, 0.4) is 0 Å². The zero-order chi connectivity index (χ0) is 15.8. The Bertz CT molecular complexity index is 576. The third-order valence-corrected chi connectivity index (χ3v) is 4.58. The van der Waals surface area contributed by atoms with Gasteiger partial charge in [0.15, 0.2) is 5.82 Å². The van der Waals surface area contributed by atoms with Crippen LogP contribution >= 0.6 is 0 Å². The van der Waals surface area contributed by atoms with Gasteiger partial charge in [0.25, 0.3) is 0 Å². The molecule has 0 saturated heterocycles. The van der Waals surface area contributed by atoms with E-state index in [1.165, 1.54) is 5.69 Å². The highest BCUT2D eigenvalue weighted by Crippen LogP contribution is 2.41. The first-order chi connectivity index (χ1) is 9.80. The van der Waals surface area contributed by atoms with Crippen molar-refractivity contribution in [1.82, 2.24) is 4.98 Å². The van der Waals surface area contributed by atoms with Gasteiger partial charge in [0.2, 0.25) is 0 Å². The zero-order valence-electron chi connectivity index (χ0n) is 14.0. The van der Waals surface area contributed by atoms with Gasteiger partial charge >= 0.3 is 0 Å². The molecule has 0 saturated carbocycles. The maximum atomic E-state index is 4.89. The van der Waals surface area contributed by atoms with Crippen LogP contribution in [0.25, 0.3) is 5.57 Å². The topological polar surface area (TPSA) is 19.4 Å². The fraction of sp³-hybridized carbons (Fsp3) is 0.500. The monoisotopic (exact) mass is 285 g/mol. The van der Waals surface area contributed by atoms with Crippen LogP contribution < -0.4 is 9.80 Å². The Kier molecular flexibility index (Phi) is 4.13. The van der Waals surface area contributed by atoms with Crippen molar-refractivity contribution in [1.29, 1.82) is 0 Å². The molecule has 0 bridgehead atoms.